The van der Waals surface area contributed by atoms with Gasteiger partial charge in [-0.2, -0.15) is 0 Å². The predicted octanol–water partition coefficient (Wildman–Crippen LogP) is -1.52. The molecule has 0 unspecified atom stereocenters. The SMILES string of the molecule is [Cu].[O-]P([O-])[S-]. The fourth-order valence-electron chi connectivity index (χ4n) is 0. The van der Waals surface area contributed by atoms with Crippen LogP contribution in [-0.2, 0) is 29.3 Å². The van der Waals surface area contributed by atoms with Crippen LogP contribution in [0.2, 0.25) is 0 Å². The van der Waals surface area contributed by atoms with Gasteiger partial charge in [0.05, 0.1) is 0 Å². The van der Waals surface area contributed by atoms with E-state index in [-0.39, 0.29) is 17.1 Å². The van der Waals surface area contributed by atoms with E-state index < -0.39 is 7.58 Å². The van der Waals surface area contributed by atoms with Crippen LogP contribution in [0.5, 0.6) is 0 Å². The fraction of sp³-hybridized carbons (Fsp3) is 0. The molecule has 0 aromatic heterocycles. The number of rotatable bonds is 0. The Hall–Kier alpha value is 1.22. The average Bonchev–Trinajstić information content (AvgIpc) is 0.811. The second-order valence-electron chi connectivity index (χ2n) is 0.224. The molecule has 2 nitrogen and oxygen atoms in total. The Balaban J connectivity index is 0. The zero-order chi connectivity index (χ0) is 3.58. The Kier molecular flexibility index (Phi) is 9.93. The summed E-state index contributed by atoms with van der Waals surface area (Å²) in [6.07, 6.45) is 0. The molecule has 0 aliphatic heterocycles. The summed E-state index contributed by atoms with van der Waals surface area (Å²) in [7, 11) is -2.54. The van der Waals surface area contributed by atoms with Crippen LogP contribution in [0.15, 0.2) is 0 Å². The van der Waals surface area contributed by atoms with Gasteiger partial charge in [-0.1, -0.05) is 0 Å². The van der Waals surface area contributed by atoms with Crippen molar-refractivity contribution < 1.29 is 26.9 Å². The van der Waals surface area contributed by atoms with Crippen LogP contribution in [0.1, 0.15) is 0 Å². The third kappa shape index (κ3) is 36.4. The first kappa shape index (κ1) is 9.52. The van der Waals surface area contributed by atoms with Gasteiger partial charge in [0, 0.05) is 17.1 Å². The van der Waals surface area contributed by atoms with E-state index in [0.717, 1.165) is 0 Å². The van der Waals surface area contributed by atoms with Crippen LogP contribution in [0.3, 0.4) is 0 Å². The van der Waals surface area contributed by atoms with Crippen LogP contribution < -0.4 is 9.79 Å². The van der Waals surface area contributed by atoms with E-state index >= 15 is 0 Å². The second kappa shape index (κ2) is 5.22. The Morgan fingerprint density at radius 1 is 1.40 bits per heavy atom. The Morgan fingerprint density at radius 3 is 1.40 bits per heavy atom. The van der Waals surface area contributed by atoms with Gasteiger partial charge in [-0.25, -0.2) is 0 Å². The zero-order valence-corrected chi connectivity index (χ0v) is 4.63. The molecule has 0 spiro atoms. The van der Waals surface area contributed by atoms with E-state index in [1.165, 1.54) is 0 Å². The maximum atomic E-state index is 8.85. The largest absolute Gasteiger partial charge is 0.860 e. The molecule has 1 radical (unpaired) electrons. The summed E-state index contributed by atoms with van der Waals surface area (Å²) in [5.74, 6) is 0. The van der Waals surface area contributed by atoms with Crippen molar-refractivity contribution in [3.05, 3.63) is 0 Å². The van der Waals surface area contributed by atoms with Crippen molar-refractivity contribution in [2.24, 2.45) is 0 Å². The van der Waals surface area contributed by atoms with E-state index in [2.05, 4.69) is 12.2 Å². The molecule has 5 heteroatoms. The number of hydrogen-bond acceptors (Lipinski definition) is 3. The monoisotopic (exact) mass is 158 g/mol. The van der Waals surface area contributed by atoms with E-state index in [4.69, 9.17) is 9.79 Å². The van der Waals surface area contributed by atoms with Crippen molar-refractivity contribution in [3.63, 3.8) is 0 Å². The van der Waals surface area contributed by atoms with Crippen molar-refractivity contribution in [1.82, 2.24) is 0 Å². The first-order chi connectivity index (χ1) is 1.73. The van der Waals surface area contributed by atoms with Gasteiger partial charge in [0.2, 0.25) is 0 Å². The van der Waals surface area contributed by atoms with Crippen LogP contribution >= 0.6 is 7.58 Å². The molecule has 0 aliphatic carbocycles. The summed E-state index contributed by atoms with van der Waals surface area (Å²) < 4.78 is 0. The standard InChI is InChI=1S/Cu.O2PS/c;1-3(2)4/q;-3. The van der Waals surface area contributed by atoms with E-state index in [1.807, 2.05) is 0 Å². The summed E-state index contributed by atoms with van der Waals surface area (Å²) in [6.45, 7) is 0. The molecular weight excluding hydrogens is 159 g/mol. The molecule has 0 saturated carbocycles. The van der Waals surface area contributed by atoms with Crippen LogP contribution in [0, 0.1) is 0 Å². The van der Waals surface area contributed by atoms with Gasteiger partial charge in [-0.15, -0.1) is 0 Å². The van der Waals surface area contributed by atoms with Gasteiger partial charge in [0.1, 0.15) is 0 Å². The number of hydrogen-bond donors (Lipinski definition) is 0. The molecule has 0 heterocycles. The Labute approximate surface area is 47.1 Å². The first-order valence-electron chi connectivity index (χ1n) is 0.548. The van der Waals surface area contributed by atoms with Crippen molar-refractivity contribution in [3.8, 4) is 0 Å². The predicted molar refractivity (Wildman–Crippen MR) is 14.3 cm³/mol. The normalized spacial score (nSPS) is 7.20. The van der Waals surface area contributed by atoms with Crippen LogP contribution in [0.4, 0.5) is 0 Å². The molecule has 0 aromatic rings. The molecule has 37 valence electrons. The van der Waals surface area contributed by atoms with E-state index in [9.17, 15) is 0 Å². The summed E-state index contributed by atoms with van der Waals surface area (Å²) in [6, 6.07) is 0. The quantitative estimate of drug-likeness (QED) is 0.244. The van der Waals surface area contributed by atoms with E-state index in [0.29, 0.717) is 0 Å². The molecule has 0 bridgehead atoms. The third-order valence-electron chi connectivity index (χ3n) is 0. The van der Waals surface area contributed by atoms with E-state index in [1.54, 1.807) is 0 Å². The van der Waals surface area contributed by atoms with Crippen molar-refractivity contribution in [2.45, 2.75) is 0 Å². The van der Waals surface area contributed by atoms with Gasteiger partial charge in [-0.3, -0.25) is 0 Å². The van der Waals surface area contributed by atoms with Crippen molar-refractivity contribution in [2.75, 3.05) is 0 Å². The molecule has 0 rings (SSSR count). The molecule has 0 fully saturated rings. The smallest absolute Gasteiger partial charge is 0 e. The minimum atomic E-state index is -2.54. The second-order valence-corrected chi connectivity index (χ2v) is 1.57. The van der Waals surface area contributed by atoms with Gasteiger partial charge in [-0.05, 0) is 0 Å². The summed E-state index contributed by atoms with van der Waals surface area (Å²) in [5.41, 5.74) is 0. The Morgan fingerprint density at radius 2 is 1.40 bits per heavy atom. The molecule has 5 heavy (non-hydrogen) atoms. The van der Waals surface area contributed by atoms with Gasteiger partial charge >= 0.3 is 0 Å². The molecule has 0 amide bonds. The summed E-state index contributed by atoms with van der Waals surface area (Å²) in [4.78, 5) is 17.7. The van der Waals surface area contributed by atoms with Gasteiger partial charge in [0.25, 0.3) is 0 Å². The molecule has 0 aromatic carbocycles. The maximum Gasteiger partial charge on any atom is 0 e. The zero-order valence-electron chi connectivity index (χ0n) is 1.97. The summed E-state index contributed by atoms with van der Waals surface area (Å²) in [5, 5.41) is 0. The van der Waals surface area contributed by atoms with Gasteiger partial charge < -0.3 is 29.6 Å². The fourth-order valence-corrected chi connectivity index (χ4v) is 0. The molecule has 0 N–H and O–H groups in total. The topological polar surface area (TPSA) is 46.1 Å². The van der Waals surface area contributed by atoms with Gasteiger partial charge in [0.15, 0.2) is 0 Å². The maximum absolute atomic E-state index is 8.85. The minimum Gasteiger partial charge on any atom is -0.860 e. The molecular formula is CuO2PS-3. The Bertz CT molecular complexity index is 14.4. The van der Waals surface area contributed by atoms with Crippen molar-refractivity contribution in [1.29, 1.82) is 0 Å². The molecule has 0 aliphatic rings. The average molecular weight is 159 g/mol. The summed E-state index contributed by atoms with van der Waals surface area (Å²) >= 11 is 3.57. The molecule has 0 atom stereocenters. The van der Waals surface area contributed by atoms with Crippen LogP contribution in [0.25, 0.3) is 0 Å². The minimum absolute atomic E-state index is 0. The molecule has 0 saturated heterocycles. The third-order valence-corrected chi connectivity index (χ3v) is 0. The van der Waals surface area contributed by atoms with Crippen LogP contribution in [-0.4, -0.2) is 0 Å². The van der Waals surface area contributed by atoms with Crippen molar-refractivity contribution >= 4 is 19.8 Å². The first-order valence-corrected chi connectivity index (χ1v) is 2.74.